The molecule has 5 nitrogen and oxygen atoms in total. The first-order chi connectivity index (χ1) is 9.58. The highest BCUT2D eigenvalue weighted by Crippen LogP contribution is 2.13. The first-order valence-electron chi connectivity index (χ1n) is 6.74. The van der Waals surface area contributed by atoms with Gasteiger partial charge in [-0.25, -0.2) is 4.79 Å². The Balaban J connectivity index is 2.67. The van der Waals surface area contributed by atoms with E-state index >= 15 is 0 Å². The number of methoxy groups -OCH3 is 1. The van der Waals surface area contributed by atoms with Gasteiger partial charge in [0.05, 0.1) is 13.7 Å². The van der Waals surface area contributed by atoms with Crippen molar-refractivity contribution in [2.75, 3.05) is 13.7 Å². The molecule has 0 aliphatic carbocycles. The SMILES string of the molecule is CCC(C)NCC(=O)NC(C(=O)OC)c1ccccc1. The minimum absolute atomic E-state index is 0.176. The molecular weight excluding hydrogens is 256 g/mol. The van der Waals surface area contributed by atoms with Crippen LogP contribution < -0.4 is 10.6 Å². The van der Waals surface area contributed by atoms with Gasteiger partial charge in [-0.3, -0.25) is 4.79 Å². The summed E-state index contributed by atoms with van der Waals surface area (Å²) in [5, 5.41) is 5.77. The van der Waals surface area contributed by atoms with E-state index in [0.29, 0.717) is 5.56 Å². The van der Waals surface area contributed by atoms with Gasteiger partial charge in [0.25, 0.3) is 0 Å². The molecule has 2 atom stereocenters. The number of nitrogens with one attached hydrogen (secondary N) is 2. The van der Waals surface area contributed by atoms with Crippen LogP contribution in [0.15, 0.2) is 30.3 Å². The number of carbonyl (C=O) groups is 2. The summed E-state index contributed by atoms with van der Waals surface area (Å²) in [6.07, 6.45) is 0.937. The predicted molar refractivity (Wildman–Crippen MR) is 77.1 cm³/mol. The van der Waals surface area contributed by atoms with Gasteiger partial charge in [-0.2, -0.15) is 0 Å². The lowest BCUT2D eigenvalue weighted by atomic mass is 10.1. The monoisotopic (exact) mass is 278 g/mol. The van der Waals surface area contributed by atoms with Gasteiger partial charge in [-0.05, 0) is 18.9 Å². The highest BCUT2D eigenvalue weighted by Gasteiger charge is 2.23. The van der Waals surface area contributed by atoms with Crippen LogP contribution in [0.25, 0.3) is 0 Å². The lowest BCUT2D eigenvalue weighted by molar-refractivity contribution is -0.145. The summed E-state index contributed by atoms with van der Waals surface area (Å²) in [4.78, 5) is 23.7. The molecule has 0 bridgehead atoms. The molecule has 2 N–H and O–H groups in total. The maximum absolute atomic E-state index is 11.9. The zero-order valence-corrected chi connectivity index (χ0v) is 12.2. The van der Waals surface area contributed by atoms with E-state index in [-0.39, 0.29) is 18.5 Å². The Morgan fingerprint density at radius 2 is 1.90 bits per heavy atom. The third-order valence-corrected chi connectivity index (χ3v) is 3.10. The number of hydrogen-bond acceptors (Lipinski definition) is 4. The minimum atomic E-state index is -0.771. The molecule has 0 heterocycles. The van der Waals surface area contributed by atoms with Crippen LogP contribution in [0.5, 0.6) is 0 Å². The molecule has 110 valence electrons. The van der Waals surface area contributed by atoms with E-state index in [4.69, 9.17) is 4.74 Å². The van der Waals surface area contributed by atoms with Crippen LogP contribution in [0.4, 0.5) is 0 Å². The molecule has 1 aromatic carbocycles. The molecule has 0 saturated carbocycles. The minimum Gasteiger partial charge on any atom is -0.467 e. The quantitative estimate of drug-likeness (QED) is 0.740. The van der Waals surface area contributed by atoms with Crippen molar-refractivity contribution in [2.45, 2.75) is 32.4 Å². The molecule has 0 aromatic heterocycles. The molecule has 0 radical (unpaired) electrons. The second kappa shape index (κ2) is 8.32. The third kappa shape index (κ3) is 5.01. The first-order valence-corrected chi connectivity index (χ1v) is 6.74. The van der Waals surface area contributed by atoms with E-state index in [1.54, 1.807) is 12.1 Å². The largest absolute Gasteiger partial charge is 0.467 e. The molecule has 0 fully saturated rings. The number of benzene rings is 1. The van der Waals surface area contributed by atoms with E-state index < -0.39 is 12.0 Å². The van der Waals surface area contributed by atoms with Crippen molar-refractivity contribution >= 4 is 11.9 Å². The third-order valence-electron chi connectivity index (χ3n) is 3.10. The lowest BCUT2D eigenvalue weighted by Crippen LogP contribution is -2.41. The smallest absolute Gasteiger partial charge is 0.333 e. The van der Waals surface area contributed by atoms with Crippen LogP contribution >= 0.6 is 0 Å². The molecule has 0 aliphatic heterocycles. The molecule has 1 aromatic rings. The number of esters is 1. The van der Waals surface area contributed by atoms with Gasteiger partial charge < -0.3 is 15.4 Å². The summed E-state index contributed by atoms with van der Waals surface area (Å²) in [5.74, 6) is -0.711. The van der Waals surface area contributed by atoms with Crippen molar-refractivity contribution in [3.63, 3.8) is 0 Å². The van der Waals surface area contributed by atoms with E-state index in [2.05, 4.69) is 10.6 Å². The summed E-state index contributed by atoms with van der Waals surface area (Å²) in [5.41, 5.74) is 0.705. The number of ether oxygens (including phenoxy) is 1. The van der Waals surface area contributed by atoms with Crippen LogP contribution in [0.1, 0.15) is 31.9 Å². The van der Waals surface area contributed by atoms with E-state index in [9.17, 15) is 9.59 Å². The van der Waals surface area contributed by atoms with Crippen molar-refractivity contribution in [1.82, 2.24) is 10.6 Å². The van der Waals surface area contributed by atoms with E-state index in [1.165, 1.54) is 7.11 Å². The Hall–Kier alpha value is -1.88. The lowest BCUT2D eigenvalue weighted by Gasteiger charge is -2.18. The highest BCUT2D eigenvalue weighted by atomic mass is 16.5. The van der Waals surface area contributed by atoms with Crippen molar-refractivity contribution in [2.24, 2.45) is 0 Å². The number of rotatable bonds is 7. The van der Waals surface area contributed by atoms with Crippen molar-refractivity contribution in [1.29, 1.82) is 0 Å². The summed E-state index contributed by atoms with van der Waals surface area (Å²) < 4.78 is 4.74. The molecular formula is C15H22N2O3. The standard InChI is InChI=1S/C15H22N2O3/c1-4-11(2)16-10-13(18)17-14(15(19)20-3)12-8-6-5-7-9-12/h5-9,11,14,16H,4,10H2,1-3H3,(H,17,18). The molecule has 1 rings (SSSR count). The maximum Gasteiger partial charge on any atom is 0.333 e. The fourth-order valence-corrected chi connectivity index (χ4v) is 1.66. The van der Waals surface area contributed by atoms with Gasteiger partial charge in [-0.1, -0.05) is 37.3 Å². The van der Waals surface area contributed by atoms with Gasteiger partial charge in [-0.15, -0.1) is 0 Å². The predicted octanol–water partition coefficient (Wildman–Crippen LogP) is 1.41. The van der Waals surface area contributed by atoms with Gasteiger partial charge in [0.1, 0.15) is 0 Å². The zero-order valence-electron chi connectivity index (χ0n) is 12.2. The number of amides is 1. The van der Waals surface area contributed by atoms with Crippen LogP contribution in [-0.2, 0) is 14.3 Å². The van der Waals surface area contributed by atoms with Crippen LogP contribution in [-0.4, -0.2) is 31.6 Å². The number of carbonyl (C=O) groups excluding carboxylic acids is 2. The van der Waals surface area contributed by atoms with E-state index in [1.807, 2.05) is 32.0 Å². The second-order valence-electron chi connectivity index (χ2n) is 4.62. The molecule has 0 saturated heterocycles. The Kier molecular flexibility index (Phi) is 6.73. The van der Waals surface area contributed by atoms with Crippen molar-refractivity contribution in [3.8, 4) is 0 Å². The van der Waals surface area contributed by atoms with Crippen molar-refractivity contribution in [3.05, 3.63) is 35.9 Å². The van der Waals surface area contributed by atoms with Gasteiger partial charge in [0.15, 0.2) is 6.04 Å². The van der Waals surface area contributed by atoms with Crippen LogP contribution in [0.3, 0.4) is 0 Å². The summed E-state index contributed by atoms with van der Waals surface area (Å²) in [6.45, 7) is 4.22. The first kappa shape index (κ1) is 16.2. The molecule has 2 unspecified atom stereocenters. The normalized spacial score (nSPS) is 13.3. The maximum atomic E-state index is 11.9. The summed E-state index contributed by atoms with van der Waals surface area (Å²) >= 11 is 0. The van der Waals surface area contributed by atoms with Gasteiger partial charge in [0, 0.05) is 6.04 Å². The molecule has 5 heteroatoms. The fourth-order valence-electron chi connectivity index (χ4n) is 1.66. The van der Waals surface area contributed by atoms with E-state index in [0.717, 1.165) is 6.42 Å². The fraction of sp³-hybridized carbons (Fsp3) is 0.467. The Morgan fingerprint density at radius 3 is 2.45 bits per heavy atom. The van der Waals surface area contributed by atoms with Gasteiger partial charge >= 0.3 is 5.97 Å². The second-order valence-corrected chi connectivity index (χ2v) is 4.62. The average Bonchev–Trinajstić information content (AvgIpc) is 2.50. The Morgan fingerprint density at radius 1 is 1.25 bits per heavy atom. The molecule has 20 heavy (non-hydrogen) atoms. The molecule has 1 amide bonds. The Labute approximate surface area is 119 Å². The summed E-state index contributed by atoms with van der Waals surface area (Å²) in [7, 11) is 1.31. The summed E-state index contributed by atoms with van der Waals surface area (Å²) in [6, 6.07) is 8.53. The Bertz CT molecular complexity index is 434. The number of hydrogen-bond donors (Lipinski definition) is 2. The topological polar surface area (TPSA) is 67.4 Å². The highest BCUT2D eigenvalue weighted by molar-refractivity contribution is 5.86. The van der Waals surface area contributed by atoms with Crippen LogP contribution in [0.2, 0.25) is 0 Å². The zero-order chi connectivity index (χ0) is 15.0. The van der Waals surface area contributed by atoms with Crippen molar-refractivity contribution < 1.29 is 14.3 Å². The van der Waals surface area contributed by atoms with Crippen LogP contribution in [0, 0.1) is 0 Å². The molecule has 0 aliphatic rings. The van der Waals surface area contributed by atoms with Gasteiger partial charge in [0.2, 0.25) is 5.91 Å². The molecule has 0 spiro atoms. The average molecular weight is 278 g/mol.